The molecule has 0 bridgehead atoms. The summed E-state index contributed by atoms with van der Waals surface area (Å²) in [5.74, 6) is 0.0682. The number of carbonyl (C=O) groups is 2. The number of hydrogen-bond donors (Lipinski definition) is 1. The second kappa shape index (κ2) is 10.6. The summed E-state index contributed by atoms with van der Waals surface area (Å²) in [6.45, 7) is 3.64. The summed E-state index contributed by atoms with van der Waals surface area (Å²) in [6.07, 6.45) is -0.743. The molecular weight excluding hydrogens is 444 g/mol. The smallest absolute Gasteiger partial charge is 0.413 e. The molecule has 178 valence electrons. The monoisotopic (exact) mass is 470 g/mol. The van der Waals surface area contributed by atoms with Crippen molar-refractivity contribution < 1.29 is 19.1 Å². The molecule has 1 atom stereocenters. The third-order valence-corrected chi connectivity index (χ3v) is 5.64. The summed E-state index contributed by atoms with van der Waals surface area (Å²) in [5.41, 5.74) is 5.33. The summed E-state index contributed by atoms with van der Waals surface area (Å²) < 4.78 is 11.8. The highest BCUT2D eigenvalue weighted by Gasteiger charge is 2.16. The zero-order valence-corrected chi connectivity index (χ0v) is 19.8. The molecule has 3 aromatic carbocycles. The van der Waals surface area contributed by atoms with Gasteiger partial charge in [-0.15, -0.1) is 5.10 Å². The number of hydrogen-bond acceptors (Lipinski definition) is 6. The fraction of sp³-hybridized carbons (Fsp3) is 0.185. The van der Waals surface area contributed by atoms with Gasteiger partial charge in [0.2, 0.25) is 0 Å². The van der Waals surface area contributed by atoms with Crippen molar-refractivity contribution in [2.45, 2.75) is 26.4 Å². The van der Waals surface area contributed by atoms with Crippen molar-refractivity contribution in [1.82, 2.24) is 15.0 Å². The minimum Gasteiger partial charge on any atom is -0.469 e. The first-order valence-electron chi connectivity index (χ1n) is 11.2. The van der Waals surface area contributed by atoms with Crippen molar-refractivity contribution in [1.29, 1.82) is 0 Å². The van der Waals surface area contributed by atoms with Crippen molar-refractivity contribution in [2.24, 2.45) is 0 Å². The van der Waals surface area contributed by atoms with Crippen LogP contribution in [0.3, 0.4) is 0 Å². The van der Waals surface area contributed by atoms with Crippen LogP contribution in [-0.4, -0.2) is 34.2 Å². The molecule has 1 N–H and O–H groups in total. The molecule has 1 aromatic heterocycles. The van der Waals surface area contributed by atoms with E-state index in [0.29, 0.717) is 11.5 Å². The van der Waals surface area contributed by atoms with E-state index in [2.05, 4.69) is 15.6 Å². The van der Waals surface area contributed by atoms with Crippen LogP contribution in [0.25, 0.3) is 16.8 Å². The maximum atomic E-state index is 12.4. The molecule has 0 fully saturated rings. The predicted molar refractivity (Wildman–Crippen MR) is 132 cm³/mol. The van der Waals surface area contributed by atoms with Gasteiger partial charge in [0.15, 0.2) is 5.82 Å². The SMILES string of the molecule is COC(=O)Cc1ccc(-c2ccc(-n3nnc(NC(=O)O[C@H](C)c4ccccc4)c3C)cc2)cc1. The highest BCUT2D eigenvalue weighted by Crippen LogP contribution is 2.24. The summed E-state index contributed by atoms with van der Waals surface area (Å²) in [4.78, 5) is 23.8. The van der Waals surface area contributed by atoms with Gasteiger partial charge >= 0.3 is 12.1 Å². The van der Waals surface area contributed by atoms with E-state index in [1.165, 1.54) is 7.11 Å². The normalized spacial score (nSPS) is 11.5. The Kier molecular flexibility index (Phi) is 7.21. The van der Waals surface area contributed by atoms with E-state index in [1.807, 2.05) is 92.7 Å². The molecule has 0 aliphatic heterocycles. The number of anilines is 1. The number of benzene rings is 3. The number of aromatic nitrogens is 3. The number of nitrogens with one attached hydrogen (secondary N) is 1. The van der Waals surface area contributed by atoms with Gasteiger partial charge in [0.25, 0.3) is 0 Å². The Morgan fingerprint density at radius 1 is 0.943 bits per heavy atom. The van der Waals surface area contributed by atoms with E-state index in [4.69, 9.17) is 9.47 Å². The van der Waals surface area contributed by atoms with Gasteiger partial charge in [0.1, 0.15) is 6.10 Å². The van der Waals surface area contributed by atoms with Gasteiger partial charge in [-0.1, -0.05) is 71.9 Å². The molecule has 4 aromatic rings. The lowest BCUT2D eigenvalue weighted by molar-refractivity contribution is -0.139. The van der Waals surface area contributed by atoms with Crippen LogP contribution in [0.5, 0.6) is 0 Å². The van der Waals surface area contributed by atoms with Crippen LogP contribution in [0, 0.1) is 6.92 Å². The molecule has 0 unspecified atom stereocenters. The summed E-state index contributed by atoms with van der Waals surface area (Å²) in [5, 5.41) is 10.9. The van der Waals surface area contributed by atoms with Gasteiger partial charge in [-0.25, -0.2) is 9.48 Å². The fourth-order valence-electron chi connectivity index (χ4n) is 3.62. The van der Waals surface area contributed by atoms with Gasteiger partial charge in [0.05, 0.1) is 24.9 Å². The summed E-state index contributed by atoms with van der Waals surface area (Å²) >= 11 is 0. The Labute approximate surface area is 203 Å². The number of esters is 1. The third-order valence-electron chi connectivity index (χ3n) is 5.64. The second-order valence-electron chi connectivity index (χ2n) is 8.02. The zero-order chi connectivity index (χ0) is 24.8. The lowest BCUT2D eigenvalue weighted by atomic mass is 10.0. The maximum Gasteiger partial charge on any atom is 0.413 e. The number of nitrogens with zero attached hydrogens (tertiary/aromatic N) is 3. The molecule has 1 heterocycles. The van der Waals surface area contributed by atoms with Crippen LogP contribution in [-0.2, 0) is 20.7 Å². The van der Waals surface area contributed by atoms with Crippen LogP contribution in [0.1, 0.15) is 29.8 Å². The molecule has 35 heavy (non-hydrogen) atoms. The van der Waals surface area contributed by atoms with Crippen molar-refractivity contribution in [2.75, 3.05) is 12.4 Å². The van der Waals surface area contributed by atoms with Gasteiger partial charge in [-0.2, -0.15) is 0 Å². The second-order valence-corrected chi connectivity index (χ2v) is 8.02. The lowest BCUT2D eigenvalue weighted by Gasteiger charge is -2.13. The van der Waals surface area contributed by atoms with E-state index in [9.17, 15) is 9.59 Å². The minimum absolute atomic E-state index is 0.246. The molecule has 0 saturated heterocycles. The third kappa shape index (κ3) is 5.73. The molecule has 0 saturated carbocycles. The topological polar surface area (TPSA) is 95.3 Å². The molecule has 1 amide bonds. The molecule has 4 rings (SSSR count). The molecular formula is C27H26N4O4. The first-order valence-corrected chi connectivity index (χ1v) is 11.2. The van der Waals surface area contributed by atoms with Gasteiger partial charge in [-0.05, 0) is 48.2 Å². The first kappa shape index (κ1) is 23.7. The molecule has 0 radical (unpaired) electrons. The molecule has 0 spiro atoms. The van der Waals surface area contributed by atoms with Gasteiger partial charge in [0, 0.05) is 0 Å². The number of methoxy groups -OCH3 is 1. The lowest BCUT2D eigenvalue weighted by Crippen LogP contribution is -2.17. The summed E-state index contributed by atoms with van der Waals surface area (Å²) in [7, 11) is 1.38. The minimum atomic E-state index is -0.595. The average molecular weight is 471 g/mol. The standard InChI is InChI=1S/C27H26N4O4/c1-18-26(28-27(33)35-19(2)21-7-5-4-6-8-21)29-30-31(18)24-15-13-23(14-16-24)22-11-9-20(10-12-22)17-25(32)34-3/h4-16,19H,17H2,1-3H3,(H,28,33)/t19-/m1/s1. The molecule has 0 aliphatic carbocycles. The number of rotatable bonds is 7. The highest BCUT2D eigenvalue weighted by atomic mass is 16.6. The van der Waals surface area contributed by atoms with E-state index in [1.54, 1.807) is 4.68 Å². The van der Waals surface area contributed by atoms with E-state index in [0.717, 1.165) is 27.9 Å². The zero-order valence-electron chi connectivity index (χ0n) is 19.8. The number of amides is 1. The van der Waals surface area contributed by atoms with E-state index < -0.39 is 12.2 Å². The van der Waals surface area contributed by atoms with Crippen molar-refractivity contribution in [3.05, 3.63) is 95.7 Å². The fourth-order valence-corrected chi connectivity index (χ4v) is 3.62. The van der Waals surface area contributed by atoms with Crippen LogP contribution >= 0.6 is 0 Å². The van der Waals surface area contributed by atoms with E-state index >= 15 is 0 Å². The Bertz CT molecular complexity index is 1300. The molecule has 8 heteroatoms. The Hall–Kier alpha value is -4.46. The van der Waals surface area contributed by atoms with Gasteiger partial charge in [-0.3, -0.25) is 10.1 Å². The Morgan fingerprint density at radius 2 is 1.57 bits per heavy atom. The summed E-state index contributed by atoms with van der Waals surface area (Å²) in [6, 6.07) is 25.1. The van der Waals surface area contributed by atoms with Crippen LogP contribution in [0.15, 0.2) is 78.9 Å². The quantitative estimate of drug-likeness (QED) is 0.370. The molecule has 8 nitrogen and oxygen atoms in total. The average Bonchev–Trinajstić information content (AvgIpc) is 3.24. The Balaban J connectivity index is 1.42. The number of ether oxygens (including phenoxy) is 2. The van der Waals surface area contributed by atoms with Crippen molar-refractivity contribution in [3.8, 4) is 16.8 Å². The maximum absolute atomic E-state index is 12.4. The number of carbonyl (C=O) groups excluding carboxylic acids is 2. The Morgan fingerprint density at radius 3 is 2.20 bits per heavy atom. The molecule has 0 aliphatic rings. The van der Waals surface area contributed by atoms with Crippen LogP contribution < -0.4 is 5.32 Å². The van der Waals surface area contributed by atoms with Crippen LogP contribution in [0.2, 0.25) is 0 Å². The predicted octanol–water partition coefficient (Wildman–Crippen LogP) is 5.27. The van der Waals surface area contributed by atoms with Crippen molar-refractivity contribution in [3.63, 3.8) is 0 Å². The first-order chi connectivity index (χ1) is 16.9. The van der Waals surface area contributed by atoms with Crippen molar-refractivity contribution >= 4 is 17.9 Å². The van der Waals surface area contributed by atoms with E-state index in [-0.39, 0.29) is 12.4 Å². The van der Waals surface area contributed by atoms with Gasteiger partial charge < -0.3 is 9.47 Å². The largest absolute Gasteiger partial charge is 0.469 e. The highest BCUT2D eigenvalue weighted by molar-refractivity contribution is 5.84. The van der Waals surface area contributed by atoms with Crippen LogP contribution in [0.4, 0.5) is 10.6 Å².